The maximum Gasteiger partial charge on any atom is 0.229 e. The Morgan fingerprint density at radius 1 is 1.29 bits per heavy atom. The highest BCUT2D eigenvalue weighted by Crippen LogP contribution is 2.29. The molecule has 4 rings (SSSR count). The molecular weight excluding hydrogens is 416 g/mol. The van der Waals surface area contributed by atoms with Crippen LogP contribution in [0.2, 0.25) is 5.02 Å². The van der Waals surface area contributed by atoms with Crippen LogP contribution < -0.4 is 16.0 Å². The summed E-state index contributed by atoms with van der Waals surface area (Å²) in [4.78, 5) is 25.8. The molecule has 2 aromatic rings. The fraction of sp³-hybridized carbons (Fsp3) is 0.455. The van der Waals surface area contributed by atoms with Gasteiger partial charge in [-0.05, 0) is 37.8 Å². The van der Waals surface area contributed by atoms with Gasteiger partial charge in [-0.2, -0.15) is 0 Å². The summed E-state index contributed by atoms with van der Waals surface area (Å²) in [6.45, 7) is 7.02. The Bertz CT molecular complexity index is 947. The van der Waals surface area contributed by atoms with Crippen molar-refractivity contribution in [2.45, 2.75) is 25.7 Å². The van der Waals surface area contributed by atoms with Crippen molar-refractivity contribution in [1.29, 1.82) is 0 Å². The molecule has 1 amide bonds. The van der Waals surface area contributed by atoms with Crippen molar-refractivity contribution in [3.05, 3.63) is 42.0 Å². The molecule has 0 saturated carbocycles. The number of ether oxygens (including phenoxy) is 1. The lowest BCUT2D eigenvalue weighted by molar-refractivity contribution is -0.120. The van der Waals surface area contributed by atoms with Gasteiger partial charge >= 0.3 is 0 Å². The third-order valence-corrected chi connectivity index (χ3v) is 5.91. The highest BCUT2D eigenvalue weighted by molar-refractivity contribution is 6.33. The van der Waals surface area contributed by atoms with E-state index in [1.165, 1.54) is 6.20 Å². The number of anilines is 2. The van der Waals surface area contributed by atoms with Gasteiger partial charge in [-0.1, -0.05) is 18.2 Å². The Morgan fingerprint density at radius 3 is 3.00 bits per heavy atom. The SMILES string of the molecule is C=C1C[C@@H](CNc2cncc(-c3cc(NC(=O)[C@@H]4CCCNC4)ncc3Cl)n2)CCO1. The first-order chi connectivity index (χ1) is 15.1. The Kier molecular flexibility index (Phi) is 6.99. The molecule has 0 aliphatic carbocycles. The Balaban J connectivity index is 1.44. The van der Waals surface area contributed by atoms with E-state index >= 15 is 0 Å². The van der Waals surface area contributed by atoms with Crippen LogP contribution in [0.1, 0.15) is 25.7 Å². The van der Waals surface area contributed by atoms with E-state index in [4.69, 9.17) is 16.3 Å². The summed E-state index contributed by atoms with van der Waals surface area (Å²) in [5.74, 6) is 2.32. The van der Waals surface area contributed by atoms with Gasteiger partial charge in [0.1, 0.15) is 11.6 Å². The van der Waals surface area contributed by atoms with E-state index in [1.54, 1.807) is 18.5 Å². The standard InChI is InChI=1S/C22H27ClN6O2/c1-14-7-15(4-6-31-14)9-26-21-13-25-12-19(28-21)17-8-20(27-11-18(17)23)29-22(30)16-3-2-5-24-10-16/h8,11-13,15-16,24H,1-7,9-10H2,(H,26,28)(H,27,29,30)/t15-,16+/m0/s1. The van der Waals surface area contributed by atoms with Crippen molar-refractivity contribution in [2.75, 3.05) is 36.9 Å². The molecule has 2 aliphatic heterocycles. The number of aromatic nitrogens is 3. The molecule has 0 spiro atoms. The summed E-state index contributed by atoms with van der Waals surface area (Å²) in [5, 5.41) is 9.95. The van der Waals surface area contributed by atoms with E-state index in [0.29, 0.717) is 47.0 Å². The molecule has 2 fully saturated rings. The minimum atomic E-state index is -0.0525. The minimum absolute atomic E-state index is 0.0347. The maximum atomic E-state index is 12.5. The van der Waals surface area contributed by atoms with Crippen molar-refractivity contribution in [2.24, 2.45) is 11.8 Å². The van der Waals surface area contributed by atoms with Crippen LogP contribution in [0.15, 0.2) is 37.0 Å². The van der Waals surface area contributed by atoms with Gasteiger partial charge in [-0.15, -0.1) is 0 Å². The molecule has 2 aliphatic rings. The number of amides is 1. The summed E-state index contributed by atoms with van der Waals surface area (Å²) in [6, 6.07) is 1.74. The van der Waals surface area contributed by atoms with Crippen LogP contribution in [0.25, 0.3) is 11.3 Å². The zero-order chi connectivity index (χ0) is 21.6. The third-order valence-electron chi connectivity index (χ3n) is 5.61. The highest BCUT2D eigenvalue weighted by Gasteiger charge is 2.22. The first-order valence-corrected chi connectivity index (χ1v) is 11.0. The predicted octanol–water partition coefficient (Wildman–Crippen LogP) is 3.48. The number of carbonyl (C=O) groups excluding carboxylic acids is 1. The average Bonchev–Trinajstić information content (AvgIpc) is 2.80. The molecule has 31 heavy (non-hydrogen) atoms. The second-order valence-corrected chi connectivity index (χ2v) is 8.41. The Labute approximate surface area is 186 Å². The van der Waals surface area contributed by atoms with Gasteiger partial charge in [0.2, 0.25) is 5.91 Å². The van der Waals surface area contributed by atoms with Crippen LogP contribution in [-0.4, -0.2) is 47.1 Å². The number of piperidine rings is 1. The van der Waals surface area contributed by atoms with Gasteiger partial charge in [0.05, 0.1) is 41.4 Å². The number of allylic oxidation sites excluding steroid dienone is 1. The highest BCUT2D eigenvalue weighted by atomic mass is 35.5. The molecule has 0 unspecified atom stereocenters. The smallest absolute Gasteiger partial charge is 0.229 e. The lowest BCUT2D eigenvalue weighted by Gasteiger charge is -2.24. The molecule has 3 N–H and O–H groups in total. The number of hydrogen-bond donors (Lipinski definition) is 3. The number of halogens is 1. The number of nitrogens with zero attached hydrogens (tertiary/aromatic N) is 3. The molecule has 8 nitrogen and oxygen atoms in total. The first kappa shape index (κ1) is 21.5. The van der Waals surface area contributed by atoms with Crippen LogP contribution in [0.4, 0.5) is 11.6 Å². The number of pyridine rings is 1. The van der Waals surface area contributed by atoms with Crippen molar-refractivity contribution in [3.63, 3.8) is 0 Å². The average molecular weight is 443 g/mol. The van der Waals surface area contributed by atoms with Gasteiger partial charge < -0.3 is 20.7 Å². The second kappa shape index (κ2) is 10.1. The molecule has 0 radical (unpaired) electrons. The summed E-state index contributed by atoms with van der Waals surface area (Å²) in [5.41, 5.74) is 1.29. The summed E-state index contributed by atoms with van der Waals surface area (Å²) >= 11 is 6.39. The topological polar surface area (TPSA) is 101 Å². The first-order valence-electron chi connectivity index (χ1n) is 10.6. The van der Waals surface area contributed by atoms with E-state index in [0.717, 1.165) is 44.5 Å². The van der Waals surface area contributed by atoms with E-state index in [2.05, 4.69) is 37.5 Å². The van der Waals surface area contributed by atoms with Crippen LogP contribution in [0.5, 0.6) is 0 Å². The monoisotopic (exact) mass is 442 g/mol. The number of carbonyl (C=O) groups is 1. The van der Waals surface area contributed by atoms with Crippen LogP contribution in [0.3, 0.4) is 0 Å². The molecule has 0 bridgehead atoms. The zero-order valence-corrected chi connectivity index (χ0v) is 18.1. The molecule has 9 heteroatoms. The van der Waals surface area contributed by atoms with E-state index in [-0.39, 0.29) is 11.8 Å². The predicted molar refractivity (Wildman–Crippen MR) is 121 cm³/mol. The van der Waals surface area contributed by atoms with Gasteiger partial charge in [0, 0.05) is 31.3 Å². The van der Waals surface area contributed by atoms with Crippen LogP contribution in [0, 0.1) is 11.8 Å². The molecule has 164 valence electrons. The molecule has 2 atom stereocenters. The number of rotatable bonds is 6. The summed E-state index contributed by atoms with van der Waals surface area (Å²) < 4.78 is 5.42. The molecule has 2 saturated heterocycles. The maximum absolute atomic E-state index is 12.5. The van der Waals surface area contributed by atoms with Gasteiger partial charge in [-0.25, -0.2) is 9.97 Å². The van der Waals surface area contributed by atoms with Crippen LogP contribution in [-0.2, 0) is 9.53 Å². The van der Waals surface area contributed by atoms with Gasteiger partial charge in [0.15, 0.2) is 0 Å². The van der Waals surface area contributed by atoms with E-state index < -0.39 is 0 Å². The number of nitrogens with one attached hydrogen (secondary N) is 3. The minimum Gasteiger partial charge on any atom is -0.499 e. The van der Waals surface area contributed by atoms with E-state index in [1.807, 2.05) is 0 Å². The second-order valence-electron chi connectivity index (χ2n) is 8.00. The fourth-order valence-corrected chi connectivity index (χ4v) is 4.06. The third kappa shape index (κ3) is 5.71. The van der Waals surface area contributed by atoms with Gasteiger partial charge in [0.25, 0.3) is 0 Å². The largest absolute Gasteiger partial charge is 0.499 e. The van der Waals surface area contributed by atoms with Crippen molar-refractivity contribution >= 4 is 29.1 Å². The van der Waals surface area contributed by atoms with Crippen LogP contribution >= 0.6 is 11.6 Å². The Morgan fingerprint density at radius 2 is 2.19 bits per heavy atom. The summed E-state index contributed by atoms with van der Waals surface area (Å²) in [6.07, 6.45) is 8.56. The fourth-order valence-electron chi connectivity index (χ4n) is 3.86. The lowest BCUT2D eigenvalue weighted by Crippen LogP contribution is -2.37. The molecule has 2 aromatic heterocycles. The lowest BCUT2D eigenvalue weighted by atomic mass is 9.99. The van der Waals surface area contributed by atoms with Crippen molar-refractivity contribution in [3.8, 4) is 11.3 Å². The molecule has 0 aromatic carbocycles. The molecule has 4 heterocycles. The molecular formula is C22H27ClN6O2. The normalized spacial score (nSPS) is 21.3. The van der Waals surface area contributed by atoms with E-state index in [9.17, 15) is 4.79 Å². The Hall–Kier alpha value is -2.71. The summed E-state index contributed by atoms with van der Waals surface area (Å²) in [7, 11) is 0. The van der Waals surface area contributed by atoms with Gasteiger partial charge in [-0.3, -0.25) is 9.78 Å². The number of hydrogen-bond acceptors (Lipinski definition) is 7. The zero-order valence-electron chi connectivity index (χ0n) is 17.4. The van der Waals surface area contributed by atoms with Crippen molar-refractivity contribution < 1.29 is 9.53 Å². The van der Waals surface area contributed by atoms with Crippen molar-refractivity contribution in [1.82, 2.24) is 20.3 Å². The quantitative estimate of drug-likeness (QED) is 0.629.